The van der Waals surface area contributed by atoms with Gasteiger partial charge in [-0.2, -0.15) is 5.10 Å². The minimum Gasteiger partial charge on any atom is -0.497 e. The summed E-state index contributed by atoms with van der Waals surface area (Å²) in [6.45, 7) is 2.02. The summed E-state index contributed by atoms with van der Waals surface area (Å²) in [5.41, 5.74) is 5.74. The molecule has 0 bridgehead atoms. The lowest BCUT2D eigenvalue weighted by atomic mass is 9.87. The maximum atomic E-state index is 12.8. The largest absolute Gasteiger partial charge is 0.497 e. The van der Waals surface area contributed by atoms with Crippen molar-refractivity contribution in [2.24, 2.45) is 5.10 Å². The van der Waals surface area contributed by atoms with Crippen LogP contribution < -0.4 is 10.2 Å². The zero-order valence-electron chi connectivity index (χ0n) is 16.1. The molecule has 0 aliphatic heterocycles. The fourth-order valence-electron chi connectivity index (χ4n) is 3.19. The molecule has 1 aliphatic rings. The highest BCUT2D eigenvalue weighted by Crippen LogP contribution is 2.25. The number of methoxy groups -OCH3 is 1. The van der Waals surface area contributed by atoms with Gasteiger partial charge in [-0.15, -0.1) is 0 Å². The number of aryl methyl sites for hydroxylation is 1. The summed E-state index contributed by atoms with van der Waals surface area (Å²) in [6.07, 6.45) is 1.70. The molecule has 6 nitrogen and oxygen atoms in total. The molecule has 0 spiro atoms. The molecule has 6 heteroatoms. The summed E-state index contributed by atoms with van der Waals surface area (Å²) in [6, 6.07) is 14.6. The van der Waals surface area contributed by atoms with Crippen LogP contribution in [-0.4, -0.2) is 37.2 Å². The molecule has 0 saturated carbocycles. The highest BCUT2D eigenvalue weighted by atomic mass is 16.5. The SMILES string of the molecule is CCOC(=O)/C(Cc1ccccc1)=N/N[C@H]1CCc2ccc(OC)cc2C1=O. The number of carbonyl (C=O) groups excluding carboxylic acids is 2. The Bertz CT molecular complexity index is 877. The molecule has 1 aliphatic carbocycles. The van der Waals surface area contributed by atoms with Gasteiger partial charge in [0.1, 0.15) is 17.5 Å². The summed E-state index contributed by atoms with van der Waals surface area (Å²) >= 11 is 0. The third kappa shape index (κ3) is 4.57. The van der Waals surface area contributed by atoms with E-state index in [4.69, 9.17) is 9.47 Å². The fourth-order valence-corrected chi connectivity index (χ4v) is 3.19. The van der Waals surface area contributed by atoms with Crippen LogP contribution in [-0.2, 0) is 22.4 Å². The van der Waals surface area contributed by atoms with Crippen molar-refractivity contribution in [3.8, 4) is 5.75 Å². The standard InChI is InChI=1S/C22H24N2O4/c1-3-28-22(26)20(13-15-7-5-4-6-8-15)24-23-19-12-10-16-9-11-17(27-2)14-18(16)21(19)25/h4-9,11,14,19,23H,3,10,12-13H2,1-2H3/b24-20+/t19-/m0/s1. The van der Waals surface area contributed by atoms with E-state index in [9.17, 15) is 9.59 Å². The number of benzene rings is 2. The number of ether oxygens (including phenoxy) is 2. The number of nitrogens with zero attached hydrogens (tertiary/aromatic N) is 1. The molecule has 0 unspecified atom stereocenters. The van der Waals surface area contributed by atoms with E-state index in [-0.39, 0.29) is 18.1 Å². The molecule has 1 atom stereocenters. The third-order valence-corrected chi connectivity index (χ3v) is 4.68. The number of hydrogen-bond donors (Lipinski definition) is 1. The second kappa shape index (κ2) is 9.17. The highest BCUT2D eigenvalue weighted by molar-refractivity contribution is 6.36. The Morgan fingerprint density at radius 1 is 1.21 bits per heavy atom. The van der Waals surface area contributed by atoms with Crippen LogP contribution in [0.5, 0.6) is 5.75 Å². The lowest BCUT2D eigenvalue weighted by molar-refractivity contribution is -0.135. The van der Waals surface area contributed by atoms with Crippen molar-refractivity contribution in [1.29, 1.82) is 0 Å². The van der Waals surface area contributed by atoms with Crippen molar-refractivity contribution >= 4 is 17.5 Å². The van der Waals surface area contributed by atoms with Gasteiger partial charge in [0.25, 0.3) is 0 Å². The van der Waals surface area contributed by atoms with Crippen LogP contribution in [0.3, 0.4) is 0 Å². The number of fused-ring (bicyclic) bond motifs is 1. The molecule has 0 saturated heterocycles. The van der Waals surface area contributed by atoms with Crippen molar-refractivity contribution in [2.45, 2.75) is 32.2 Å². The van der Waals surface area contributed by atoms with Crippen molar-refractivity contribution in [2.75, 3.05) is 13.7 Å². The average Bonchev–Trinajstić information content (AvgIpc) is 2.73. The van der Waals surface area contributed by atoms with E-state index in [1.807, 2.05) is 42.5 Å². The van der Waals surface area contributed by atoms with E-state index in [2.05, 4.69) is 10.5 Å². The maximum Gasteiger partial charge on any atom is 0.354 e. The van der Waals surface area contributed by atoms with Gasteiger partial charge in [0.05, 0.1) is 13.7 Å². The molecule has 2 aromatic carbocycles. The number of ketones is 1. The predicted octanol–water partition coefficient (Wildman–Crippen LogP) is 2.94. The van der Waals surface area contributed by atoms with E-state index >= 15 is 0 Å². The van der Waals surface area contributed by atoms with Crippen LogP contribution in [0.15, 0.2) is 53.6 Å². The Morgan fingerprint density at radius 2 is 2.00 bits per heavy atom. The van der Waals surface area contributed by atoms with Crippen LogP contribution in [0.2, 0.25) is 0 Å². The number of nitrogens with one attached hydrogen (secondary N) is 1. The first-order chi connectivity index (χ1) is 13.6. The molecule has 0 fully saturated rings. The number of hydrazone groups is 1. The van der Waals surface area contributed by atoms with E-state index in [1.165, 1.54) is 0 Å². The van der Waals surface area contributed by atoms with E-state index in [0.29, 0.717) is 24.2 Å². The van der Waals surface area contributed by atoms with Crippen molar-refractivity contribution < 1.29 is 19.1 Å². The van der Waals surface area contributed by atoms with Crippen molar-refractivity contribution in [3.05, 3.63) is 65.2 Å². The minimum absolute atomic E-state index is 0.0492. The van der Waals surface area contributed by atoms with Crippen LogP contribution in [0, 0.1) is 0 Å². The van der Waals surface area contributed by atoms with Gasteiger partial charge in [-0.05, 0) is 43.0 Å². The van der Waals surface area contributed by atoms with Gasteiger partial charge in [-0.3, -0.25) is 10.2 Å². The Hall–Kier alpha value is -3.15. The molecular formula is C22H24N2O4. The number of Topliss-reactive ketones (excluding diaryl/α,β-unsaturated/α-hetero) is 1. The zero-order chi connectivity index (χ0) is 19.9. The highest BCUT2D eigenvalue weighted by Gasteiger charge is 2.28. The second-order valence-electron chi connectivity index (χ2n) is 6.55. The van der Waals surface area contributed by atoms with Crippen LogP contribution in [0.1, 0.15) is 34.8 Å². The smallest absolute Gasteiger partial charge is 0.354 e. The van der Waals surface area contributed by atoms with E-state index in [1.54, 1.807) is 20.1 Å². The van der Waals surface area contributed by atoms with Crippen molar-refractivity contribution in [1.82, 2.24) is 5.43 Å². The molecule has 0 aromatic heterocycles. The molecule has 2 aromatic rings. The Labute approximate surface area is 164 Å². The number of rotatable bonds is 7. The van der Waals surface area contributed by atoms with E-state index in [0.717, 1.165) is 17.5 Å². The zero-order valence-corrected chi connectivity index (χ0v) is 16.1. The number of esters is 1. The average molecular weight is 380 g/mol. The van der Waals surface area contributed by atoms with Crippen LogP contribution >= 0.6 is 0 Å². The van der Waals surface area contributed by atoms with Gasteiger partial charge in [0.15, 0.2) is 5.78 Å². The summed E-state index contributed by atoms with van der Waals surface area (Å²) < 4.78 is 10.3. The minimum atomic E-state index is -0.486. The molecule has 0 amide bonds. The van der Waals surface area contributed by atoms with Gasteiger partial charge in [-0.1, -0.05) is 36.4 Å². The lowest BCUT2D eigenvalue weighted by Crippen LogP contribution is -2.39. The molecule has 0 heterocycles. The Kier molecular flexibility index (Phi) is 6.42. The topological polar surface area (TPSA) is 77.0 Å². The molecule has 28 heavy (non-hydrogen) atoms. The first kappa shape index (κ1) is 19.6. The van der Waals surface area contributed by atoms with Gasteiger partial charge in [-0.25, -0.2) is 4.79 Å². The van der Waals surface area contributed by atoms with Crippen LogP contribution in [0.25, 0.3) is 0 Å². The summed E-state index contributed by atoms with van der Waals surface area (Å²) in [4.78, 5) is 25.1. The summed E-state index contributed by atoms with van der Waals surface area (Å²) in [7, 11) is 1.57. The first-order valence-corrected chi connectivity index (χ1v) is 9.36. The monoisotopic (exact) mass is 380 g/mol. The third-order valence-electron chi connectivity index (χ3n) is 4.68. The Balaban J connectivity index is 1.78. The molecule has 146 valence electrons. The summed E-state index contributed by atoms with van der Waals surface area (Å²) in [5.74, 6) is 0.114. The van der Waals surface area contributed by atoms with Gasteiger partial charge in [0.2, 0.25) is 0 Å². The van der Waals surface area contributed by atoms with Crippen LogP contribution in [0.4, 0.5) is 0 Å². The number of carbonyl (C=O) groups is 2. The molecular weight excluding hydrogens is 356 g/mol. The van der Waals surface area contributed by atoms with Crippen molar-refractivity contribution in [3.63, 3.8) is 0 Å². The predicted molar refractivity (Wildman–Crippen MR) is 107 cm³/mol. The Morgan fingerprint density at radius 3 is 2.71 bits per heavy atom. The lowest BCUT2D eigenvalue weighted by Gasteiger charge is -2.23. The maximum absolute atomic E-state index is 12.8. The number of hydrogen-bond acceptors (Lipinski definition) is 6. The molecule has 0 radical (unpaired) electrons. The normalized spacial score (nSPS) is 16.3. The van der Waals surface area contributed by atoms with Gasteiger partial charge < -0.3 is 9.47 Å². The fraction of sp³-hybridized carbons (Fsp3) is 0.318. The first-order valence-electron chi connectivity index (χ1n) is 9.36. The molecule has 1 N–H and O–H groups in total. The summed E-state index contributed by atoms with van der Waals surface area (Å²) in [5, 5.41) is 4.27. The molecule has 3 rings (SSSR count). The second-order valence-corrected chi connectivity index (χ2v) is 6.55. The quantitative estimate of drug-likeness (QED) is 0.454. The van der Waals surface area contributed by atoms with Gasteiger partial charge in [0, 0.05) is 12.0 Å². The van der Waals surface area contributed by atoms with Gasteiger partial charge >= 0.3 is 5.97 Å². The van der Waals surface area contributed by atoms with E-state index < -0.39 is 12.0 Å².